The first-order valence-electron chi connectivity index (χ1n) is 8.08. The first-order valence-corrected chi connectivity index (χ1v) is 8.08. The monoisotopic (exact) mass is 392 g/mol. The standard InChI is InChI=1S/C21H20O6.Na.H/c1-26-20-11-14(5-9-18(20)24)3-7-16(22)13-17(23)8-4-15-6-10-19(25)21(12-15)27-2;;/h3-12,24-25H,13H2,1-2H3;;/q;+1;-1/b7-3+,8-4+;;. The van der Waals surface area contributed by atoms with Gasteiger partial charge in [-0.1, -0.05) is 24.3 Å². The Kier molecular flexibility index (Phi) is 9.51. The van der Waals surface area contributed by atoms with E-state index in [9.17, 15) is 19.8 Å². The molecule has 0 amide bonds. The second-order valence-electron chi connectivity index (χ2n) is 5.64. The Balaban J connectivity index is 0.00000392. The molecule has 0 heterocycles. The van der Waals surface area contributed by atoms with E-state index in [1.807, 2.05) is 0 Å². The van der Waals surface area contributed by atoms with Gasteiger partial charge in [-0.25, -0.2) is 0 Å². The van der Waals surface area contributed by atoms with Gasteiger partial charge in [-0.3, -0.25) is 9.59 Å². The molecule has 2 rings (SSSR count). The largest absolute Gasteiger partial charge is 1.00 e. The van der Waals surface area contributed by atoms with Crippen molar-refractivity contribution in [3.63, 3.8) is 0 Å². The van der Waals surface area contributed by atoms with Crippen LogP contribution >= 0.6 is 0 Å². The normalized spacial score (nSPS) is 10.6. The quantitative estimate of drug-likeness (QED) is 0.386. The van der Waals surface area contributed by atoms with Crippen molar-refractivity contribution in [2.75, 3.05) is 14.2 Å². The van der Waals surface area contributed by atoms with E-state index in [1.54, 1.807) is 36.4 Å². The predicted octanol–water partition coefficient (Wildman–Crippen LogP) is 0.486. The molecule has 28 heavy (non-hydrogen) atoms. The summed E-state index contributed by atoms with van der Waals surface area (Å²) in [6.07, 6.45) is 5.44. The van der Waals surface area contributed by atoms with Crippen LogP contribution in [0.3, 0.4) is 0 Å². The summed E-state index contributed by atoms with van der Waals surface area (Å²) in [4.78, 5) is 23.9. The van der Waals surface area contributed by atoms with Crippen LogP contribution in [-0.4, -0.2) is 36.0 Å². The van der Waals surface area contributed by atoms with Crippen molar-refractivity contribution in [1.82, 2.24) is 0 Å². The van der Waals surface area contributed by atoms with Crippen molar-refractivity contribution in [1.29, 1.82) is 0 Å². The topological polar surface area (TPSA) is 93.1 Å². The average molecular weight is 392 g/mol. The second kappa shape index (κ2) is 11.3. The fraction of sp³-hybridized carbons (Fsp3) is 0.143. The molecule has 0 aliphatic heterocycles. The third-order valence-electron chi connectivity index (χ3n) is 3.68. The fourth-order valence-corrected chi connectivity index (χ4v) is 2.26. The Morgan fingerprint density at radius 3 is 1.61 bits per heavy atom. The van der Waals surface area contributed by atoms with Crippen molar-refractivity contribution in [2.24, 2.45) is 0 Å². The van der Waals surface area contributed by atoms with Crippen molar-refractivity contribution < 1.29 is 60.3 Å². The number of hydrogen-bond acceptors (Lipinski definition) is 6. The number of phenols is 2. The SMILES string of the molecule is COc1cc(/C=C/C(=O)CC(=O)/C=C/c2ccc(O)c(OC)c2)ccc1O.[H-].[Na+]. The van der Waals surface area contributed by atoms with Crippen LogP contribution in [0.15, 0.2) is 48.6 Å². The number of ether oxygens (including phenoxy) is 2. The van der Waals surface area contributed by atoms with Gasteiger partial charge in [-0.15, -0.1) is 0 Å². The van der Waals surface area contributed by atoms with E-state index in [0.29, 0.717) is 22.6 Å². The van der Waals surface area contributed by atoms with E-state index >= 15 is 0 Å². The smallest absolute Gasteiger partial charge is 1.00 e. The molecule has 6 nitrogen and oxygen atoms in total. The van der Waals surface area contributed by atoms with Gasteiger partial charge in [0.15, 0.2) is 34.6 Å². The maximum atomic E-state index is 11.9. The fourth-order valence-electron chi connectivity index (χ4n) is 2.26. The third-order valence-corrected chi connectivity index (χ3v) is 3.68. The number of allylic oxidation sites excluding steroid dienone is 2. The molecule has 0 fully saturated rings. The summed E-state index contributed by atoms with van der Waals surface area (Å²) in [5.41, 5.74) is 1.33. The first kappa shape index (κ1) is 23.5. The van der Waals surface area contributed by atoms with Crippen LogP contribution in [0, 0.1) is 0 Å². The van der Waals surface area contributed by atoms with Crippen LogP contribution in [0.2, 0.25) is 0 Å². The van der Waals surface area contributed by atoms with Crippen LogP contribution in [0.4, 0.5) is 0 Å². The van der Waals surface area contributed by atoms with E-state index in [4.69, 9.17) is 9.47 Å². The van der Waals surface area contributed by atoms with Crippen molar-refractivity contribution in [3.05, 3.63) is 59.7 Å². The van der Waals surface area contributed by atoms with Gasteiger partial charge in [0.2, 0.25) is 0 Å². The molecule has 0 aliphatic rings. The molecule has 0 radical (unpaired) electrons. The van der Waals surface area contributed by atoms with Gasteiger partial charge >= 0.3 is 29.6 Å². The number of ketones is 2. The molecular formula is C21H21NaO6. The van der Waals surface area contributed by atoms with E-state index in [-0.39, 0.29) is 60.5 Å². The van der Waals surface area contributed by atoms with E-state index in [0.717, 1.165) is 0 Å². The molecule has 0 aromatic heterocycles. The number of methoxy groups -OCH3 is 2. The molecule has 2 N–H and O–H groups in total. The first-order chi connectivity index (χ1) is 12.9. The number of benzene rings is 2. The van der Waals surface area contributed by atoms with Gasteiger partial charge in [0.05, 0.1) is 20.6 Å². The molecule has 7 heteroatoms. The van der Waals surface area contributed by atoms with Crippen molar-refractivity contribution in [3.8, 4) is 23.0 Å². The van der Waals surface area contributed by atoms with Crippen LogP contribution in [0.5, 0.6) is 23.0 Å². The molecule has 2 aromatic rings. The summed E-state index contributed by atoms with van der Waals surface area (Å²) in [5, 5.41) is 19.1. The van der Waals surface area contributed by atoms with Crippen molar-refractivity contribution >= 4 is 23.7 Å². The molecule has 0 saturated heterocycles. The van der Waals surface area contributed by atoms with Gasteiger partial charge in [0, 0.05) is 0 Å². The Hall–Kier alpha value is -2.54. The minimum atomic E-state index is -0.347. The van der Waals surface area contributed by atoms with Crippen LogP contribution in [0.1, 0.15) is 19.0 Å². The van der Waals surface area contributed by atoms with E-state index in [2.05, 4.69) is 0 Å². The molecule has 0 bridgehead atoms. The summed E-state index contributed by atoms with van der Waals surface area (Å²) < 4.78 is 10.00. The van der Waals surface area contributed by atoms with Crippen LogP contribution < -0.4 is 39.0 Å². The summed E-state index contributed by atoms with van der Waals surface area (Å²) >= 11 is 0. The molecule has 0 unspecified atom stereocenters. The van der Waals surface area contributed by atoms with Crippen LogP contribution in [0.25, 0.3) is 12.2 Å². The van der Waals surface area contributed by atoms with Gasteiger partial charge in [0.1, 0.15) is 0 Å². The number of carbonyl (C=O) groups is 2. The van der Waals surface area contributed by atoms with Gasteiger partial charge in [-0.2, -0.15) is 0 Å². The molecule has 0 atom stereocenters. The molecule has 0 saturated carbocycles. The summed E-state index contributed by atoms with van der Waals surface area (Å²) in [6, 6.07) is 9.34. The summed E-state index contributed by atoms with van der Waals surface area (Å²) in [7, 11) is 2.87. The number of phenolic OH excluding ortho intramolecular Hbond substituents is 2. The third kappa shape index (κ3) is 6.88. The van der Waals surface area contributed by atoms with Gasteiger partial charge < -0.3 is 21.1 Å². The summed E-state index contributed by atoms with van der Waals surface area (Å²) in [5.74, 6) is -0.0832. The van der Waals surface area contributed by atoms with Gasteiger partial charge in [0.25, 0.3) is 0 Å². The zero-order valence-electron chi connectivity index (χ0n) is 17.0. The molecule has 142 valence electrons. The Morgan fingerprint density at radius 1 is 0.857 bits per heavy atom. The second-order valence-corrected chi connectivity index (χ2v) is 5.64. The zero-order valence-corrected chi connectivity index (χ0v) is 18.0. The zero-order chi connectivity index (χ0) is 19.8. The minimum Gasteiger partial charge on any atom is -1.00 e. The Labute approximate surface area is 186 Å². The number of rotatable bonds is 8. The summed E-state index contributed by atoms with van der Waals surface area (Å²) in [6.45, 7) is 0. The van der Waals surface area contributed by atoms with Crippen molar-refractivity contribution in [2.45, 2.75) is 6.42 Å². The maximum Gasteiger partial charge on any atom is 1.00 e. The predicted molar refractivity (Wildman–Crippen MR) is 103 cm³/mol. The molecule has 2 aromatic carbocycles. The molecule has 0 aliphatic carbocycles. The Bertz CT molecular complexity index is 835. The number of hydrogen-bond donors (Lipinski definition) is 2. The average Bonchev–Trinajstić information content (AvgIpc) is 2.66. The van der Waals surface area contributed by atoms with E-state index < -0.39 is 0 Å². The van der Waals surface area contributed by atoms with Gasteiger partial charge in [-0.05, 0) is 47.5 Å². The van der Waals surface area contributed by atoms with Crippen LogP contribution in [-0.2, 0) is 9.59 Å². The number of aromatic hydroxyl groups is 2. The molecule has 0 spiro atoms. The minimum absolute atomic E-state index is 0. The van der Waals surface area contributed by atoms with E-state index in [1.165, 1.54) is 38.5 Å². The maximum absolute atomic E-state index is 11.9. The Morgan fingerprint density at radius 2 is 1.25 bits per heavy atom. The molecular weight excluding hydrogens is 371 g/mol. The number of carbonyl (C=O) groups excluding carboxylic acids is 2.